The summed E-state index contributed by atoms with van der Waals surface area (Å²) in [7, 11) is 3.23. The first kappa shape index (κ1) is 26.1. The zero-order valence-electron chi connectivity index (χ0n) is 19.2. The minimum Gasteiger partial charge on any atom is -0.508 e. The Kier molecular flexibility index (Phi) is 7.23. The molecule has 1 unspecified atom stereocenters. The molecule has 4 N–H and O–H groups in total. The molecule has 1 heterocycles. The summed E-state index contributed by atoms with van der Waals surface area (Å²) in [5, 5.41) is 16.8. The molecule has 8 nitrogen and oxygen atoms in total. The van der Waals surface area contributed by atoms with Gasteiger partial charge in [0.25, 0.3) is 5.91 Å². The molecule has 188 valence electrons. The maximum atomic E-state index is 13.3. The molecule has 0 fully saturated rings. The van der Waals surface area contributed by atoms with E-state index in [1.165, 1.54) is 4.90 Å². The van der Waals surface area contributed by atoms with Gasteiger partial charge in [-0.15, -0.1) is 0 Å². The lowest BCUT2D eigenvalue weighted by Crippen LogP contribution is -2.41. The lowest BCUT2D eigenvalue weighted by atomic mass is 9.81. The van der Waals surface area contributed by atoms with Crippen LogP contribution in [0.1, 0.15) is 11.1 Å². The molecule has 1 amide bonds. The Balaban J connectivity index is 0.000000454. The van der Waals surface area contributed by atoms with Gasteiger partial charge in [0.15, 0.2) is 11.5 Å². The van der Waals surface area contributed by atoms with Gasteiger partial charge in [-0.1, -0.05) is 42.5 Å². The van der Waals surface area contributed by atoms with Crippen LogP contribution in [-0.4, -0.2) is 53.3 Å². The molecule has 1 atom stereocenters. The number of benzene rings is 3. The number of carboxylic acids is 1. The van der Waals surface area contributed by atoms with Crippen LogP contribution in [0.3, 0.4) is 0 Å². The quantitative estimate of drug-likeness (QED) is 0.500. The van der Waals surface area contributed by atoms with E-state index >= 15 is 0 Å². The molecule has 0 radical (unpaired) electrons. The number of guanidine groups is 1. The number of aliphatic carboxylic acids is 1. The van der Waals surface area contributed by atoms with Gasteiger partial charge in [-0.25, -0.2) is 9.79 Å². The number of aromatic hydroxyl groups is 1. The maximum absolute atomic E-state index is 13.3. The first-order valence-corrected chi connectivity index (χ1v) is 10.4. The molecule has 4 rings (SSSR count). The molecular weight excluding hydrogens is 479 g/mol. The molecule has 0 aliphatic carbocycles. The van der Waals surface area contributed by atoms with E-state index in [1.54, 1.807) is 38.4 Å². The summed E-state index contributed by atoms with van der Waals surface area (Å²) in [5.74, 6) is -1.99. The first-order valence-electron chi connectivity index (χ1n) is 10.4. The Bertz CT molecular complexity index is 1310. The minimum atomic E-state index is -5.08. The lowest BCUT2D eigenvalue weighted by molar-refractivity contribution is -0.192. The zero-order valence-corrected chi connectivity index (χ0v) is 19.2. The Morgan fingerprint density at radius 1 is 1.00 bits per heavy atom. The van der Waals surface area contributed by atoms with Gasteiger partial charge >= 0.3 is 12.1 Å². The van der Waals surface area contributed by atoms with Crippen molar-refractivity contribution >= 4 is 17.8 Å². The van der Waals surface area contributed by atoms with E-state index in [1.807, 2.05) is 48.5 Å². The highest BCUT2D eigenvalue weighted by molar-refractivity contribution is 6.09. The molecule has 36 heavy (non-hydrogen) atoms. The second-order valence-corrected chi connectivity index (χ2v) is 7.71. The summed E-state index contributed by atoms with van der Waals surface area (Å²) in [5.41, 5.74) is 7.94. The fourth-order valence-electron chi connectivity index (χ4n) is 3.61. The predicted octanol–water partition coefficient (Wildman–Crippen LogP) is 3.73. The third-order valence-electron chi connectivity index (χ3n) is 5.45. The van der Waals surface area contributed by atoms with Gasteiger partial charge in [-0.3, -0.25) is 9.69 Å². The smallest absolute Gasteiger partial charge is 0.490 e. The summed E-state index contributed by atoms with van der Waals surface area (Å²) >= 11 is 0. The van der Waals surface area contributed by atoms with Gasteiger partial charge in [0.05, 0.1) is 7.11 Å². The number of amides is 1. The number of carboxylic acid groups (broad SMARTS) is 1. The Hall–Kier alpha value is -4.54. The van der Waals surface area contributed by atoms with Crippen molar-refractivity contribution in [2.24, 2.45) is 10.7 Å². The number of nitrogens with two attached hydrogens (primary N) is 1. The largest absolute Gasteiger partial charge is 0.508 e. The predicted molar refractivity (Wildman–Crippen MR) is 125 cm³/mol. The van der Waals surface area contributed by atoms with E-state index in [0.717, 1.165) is 16.9 Å². The van der Waals surface area contributed by atoms with Gasteiger partial charge in [0.1, 0.15) is 11.5 Å². The Morgan fingerprint density at radius 2 is 1.56 bits per heavy atom. The fourth-order valence-corrected chi connectivity index (χ4v) is 3.61. The van der Waals surface area contributed by atoms with Crippen LogP contribution in [-0.2, 0) is 15.1 Å². The Labute approximate surface area is 204 Å². The van der Waals surface area contributed by atoms with Crippen LogP contribution in [0, 0.1) is 0 Å². The molecule has 11 heteroatoms. The van der Waals surface area contributed by atoms with Gasteiger partial charge in [-0.05, 0) is 52.6 Å². The first-order chi connectivity index (χ1) is 16.9. The fraction of sp³-hybridized carbons (Fsp3) is 0.160. The summed E-state index contributed by atoms with van der Waals surface area (Å²) in [6, 6.07) is 21.9. The molecule has 0 bridgehead atoms. The average Bonchev–Trinajstić information content (AvgIpc) is 3.09. The molecule has 0 saturated heterocycles. The van der Waals surface area contributed by atoms with E-state index in [-0.39, 0.29) is 17.6 Å². The van der Waals surface area contributed by atoms with Crippen molar-refractivity contribution in [2.45, 2.75) is 11.7 Å². The van der Waals surface area contributed by atoms with Crippen LogP contribution in [0.15, 0.2) is 77.8 Å². The van der Waals surface area contributed by atoms with Crippen molar-refractivity contribution in [1.29, 1.82) is 0 Å². The van der Waals surface area contributed by atoms with Crippen molar-refractivity contribution in [3.8, 4) is 22.6 Å². The molecule has 0 saturated carbocycles. The number of ether oxygens (including phenoxy) is 1. The number of methoxy groups -OCH3 is 1. The number of phenols is 1. The maximum Gasteiger partial charge on any atom is 0.490 e. The monoisotopic (exact) mass is 501 g/mol. The van der Waals surface area contributed by atoms with Gasteiger partial charge in [0, 0.05) is 7.05 Å². The van der Waals surface area contributed by atoms with Gasteiger partial charge in [0.2, 0.25) is 0 Å². The number of alkyl halides is 3. The number of hydrogen-bond acceptors (Lipinski definition) is 6. The van der Waals surface area contributed by atoms with Gasteiger partial charge in [-0.2, -0.15) is 13.2 Å². The van der Waals surface area contributed by atoms with Gasteiger partial charge < -0.3 is 20.7 Å². The van der Waals surface area contributed by atoms with Crippen molar-refractivity contribution in [3.63, 3.8) is 0 Å². The standard InChI is InChI=1S/C23H21N3O3.C2HF3O2/c1-26-21(28)23(25-22(26)24,17-9-11-19(27)12-10-17)18-7-3-5-15(13-18)16-6-4-8-20(14-16)29-2;3-2(4,5)1(6)7/h3-14,27H,1-2H3,(H2,24,25);(H,6,7). The second kappa shape index (κ2) is 9.98. The van der Waals surface area contributed by atoms with E-state index in [0.29, 0.717) is 11.1 Å². The number of likely N-dealkylation sites (N-methyl/N-ethyl adjacent to an activating group) is 1. The topological polar surface area (TPSA) is 125 Å². The third kappa shape index (κ3) is 5.09. The van der Waals surface area contributed by atoms with Crippen LogP contribution in [0.4, 0.5) is 13.2 Å². The number of carbonyl (C=O) groups is 2. The number of carbonyl (C=O) groups excluding carboxylic acids is 1. The molecule has 0 aromatic heterocycles. The molecule has 0 spiro atoms. The summed E-state index contributed by atoms with van der Waals surface area (Å²) < 4.78 is 37.1. The summed E-state index contributed by atoms with van der Waals surface area (Å²) in [6.45, 7) is 0. The van der Waals surface area contributed by atoms with E-state index in [2.05, 4.69) is 4.99 Å². The summed E-state index contributed by atoms with van der Waals surface area (Å²) in [6.07, 6.45) is -5.08. The zero-order chi connectivity index (χ0) is 26.7. The van der Waals surface area contributed by atoms with Crippen molar-refractivity contribution in [1.82, 2.24) is 4.90 Å². The van der Waals surface area contributed by atoms with Crippen molar-refractivity contribution < 1.29 is 37.7 Å². The number of aliphatic imine (C=N–C) groups is 1. The third-order valence-corrected chi connectivity index (χ3v) is 5.45. The average molecular weight is 501 g/mol. The highest BCUT2D eigenvalue weighted by Gasteiger charge is 2.49. The van der Waals surface area contributed by atoms with Crippen molar-refractivity contribution in [3.05, 3.63) is 83.9 Å². The van der Waals surface area contributed by atoms with E-state index in [9.17, 15) is 23.1 Å². The normalized spacial score (nSPS) is 17.2. The number of halogens is 3. The number of phenolic OH excluding ortho intramolecular Hbond substituents is 1. The van der Waals surface area contributed by atoms with E-state index in [4.69, 9.17) is 20.4 Å². The molecule has 1 aliphatic rings. The number of hydrogen-bond donors (Lipinski definition) is 3. The molecular formula is C25H22F3N3O5. The van der Waals surface area contributed by atoms with Crippen LogP contribution >= 0.6 is 0 Å². The second-order valence-electron chi connectivity index (χ2n) is 7.71. The lowest BCUT2D eigenvalue weighted by Gasteiger charge is -2.26. The van der Waals surface area contributed by atoms with Crippen molar-refractivity contribution in [2.75, 3.05) is 14.2 Å². The molecule has 1 aliphatic heterocycles. The van der Waals surface area contributed by atoms with Crippen LogP contribution in [0.5, 0.6) is 11.5 Å². The van der Waals surface area contributed by atoms with Crippen LogP contribution in [0.2, 0.25) is 0 Å². The highest BCUT2D eigenvalue weighted by atomic mass is 19.4. The molecule has 3 aromatic carbocycles. The number of rotatable bonds is 4. The Morgan fingerprint density at radius 3 is 2.06 bits per heavy atom. The highest BCUT2D eigenvalue weighted by Crippen LogP contribution is 2.41. The molecule has 3 aromatic rings. The van der Waals surface area contributed by atoms with Crippen LogP contribution < -0.4 is 10.5 Å². The number of nitrogens with zero attached hydrogens (tertiary/aromatic N) is 2. The summed E-state index contributed by atoms with van der Waals surface area (Å²) in [4.78, 5) is 28.2. The van der Waals surface area contributed by atoms with Crippen LogP contribution in [0.25, 0.3) is 11.1 Å². The van der Waals surface area contributed by atoms with E-state index < -0.39 is 17.7 Å². The SMILES string of the molecule is COc1cccc(-c2cccc(C3(c4ccc(O)cc4)N=C(N)N(C)C3=O)c2)c1.O=C(O)C(F)(F)F. The minimum absolute atomic E-state index is 0.116.